The van der Waals surface area contributed by atoms with Gasteiger partial charge in [-0.25, -0.2) is 5.32 Å². The maximum Gasteiger partial charge on any atom is 0.353 e. The highest BCUT2D eigenvalue weighted by Gasteiger charge is 2.12. The monoisotopic (exact) mass is 326 g/mol. The molecule has 1 aromatic heterocycles. The van der Waals surface area contributed by atoms with Crippen molar-refractivity contribution < 1.29 is 4.57 Å². The van der Waals surface area contributed by atoms with Crippen LogP contribution in [0.2, 0.25) is 10.0 Å². The van der Waals surface area contributed by atoms with Crippen molar-refractivity contribution in [1.82, 2.24) is 0 Å². The predicted octanol–water partition coefficient (Wildman–Crippen LogP) is 3.59. The summed E-state index contributed by atoms with van der Waals surface area (Å²) in [5.74, 6) is 0. The summed E-state index contributed by atoms with van der Waals surface area (Å²) in [7, 11) is 3.98. The third-order valence-electron chi connectivity index (χ3n) is 2.74. The fourth-order valence-corrected chi connectivity index (χ4v) is 2.31. The average Bonchev–Trinajstić information content (AvgIpc) is 2.42. The molecule has 0 amide bonds. The predicted molar refractivity (Wildman–Crippen MR) is 89.0 cm³/mol. The summed E-state index contributed by atoms with van der Waals surface area (Å²) in [4.78, 5) is 2.02. The van der Waals surface area contributed by atoms with Gasteiger partial charge in [0.2, 0.25) is 0 Å². The Hall–Kier alpha value is -1.36. The standard InChI is InChI=1S/C14H13Cl2N3S/c1-18(2)11-5-7-19(8-6-11)14(20)17-13-4-3-10(15)9-12(13)16/h3-9H,1-2H3/p+1. The van der Waals surface area contributed by atoms with Crippen molar-refractivity contribution in [2.75, 3.05) is 24.3 Å². The molecule has 2 rings (SSSR count). The van der Waals surface area contributed by atoms with Gasteiger partial charge in [-0.3, -0.25) is 0 Å². The number of nitrogens with one attached hydrogen (secondary N) is 1. The molecule has 1 heterocycles. The third kappa shape index (κ3) is 3.60. The van der Waals surface area contributed by atoms with Crippen LogP contribution in [0, 0.1) is 0 Å². The molecule has 104 valence electrons. The number of thiocarbonyl (C=S) groups is 1. The smallest absolute Gasteiger partial charge is 0.353 e. The average molecular weight is 327 g/mol. The molecule has 0 saturated carbocycles. The molecule has 6 heteroatoms. The van der Waals surface area contributed by atoms with Gasteiger partial charge in [-0.2, -0.15) is 4.57 Å². The highest BCUT2D eigenvalue weighted by Crippen LogP contribution is 2.25. The topological polar surface area (TPSA) is 19.1 Å². The summed E-state index contributed by atoms with van der Waals surface area (Å²) in [5, 5.41) is 4.76. The molecule has 0 spiro atoms. The van der Waals surface area contributed by atoms with Crippen LogP contribution < -0.4 is 14.8 Å². The van der Waals surface area contributed by atoms with Crippen molar-refractivity contribution in [3.63, 3.8) is 0 Å². The molecule has 0 fully saturated rings. The van der Waals surface area contributed by atoms with Gasteiger partial charge >= 0.3 is 5.11 Å². The SMILES string of the molecule is CN(C)c1cc[n+](C(=S)Nc2ccc(Cl)cc2Cl)cc1. The number of halogens is 2. The van der Waals surface area contributed by atoms with Gasteiger partial charge in [0.25, 0.3) is 0 Å². The Kier molecular flexibility index (Phi) is 4.81. The lowest BCUT2D eigenvalue weighted by Crippen LogP contribution is -2.45. The van der Waals surface area contributed by atoms with Crippen LogP contribution in [0.1, 0.15) is 0 Å². The fourth-order valence-electron chi connectivity index (χ4n) is 1.62. The summed E-state index contributed by atoms with van der Waals surface area (Å²) >= 11 is 17.3. The zero-order chi connectivity index (χ0) is 14.7. The molecule has 0 aliphatic rings. The van der Waals surface area contributed by atoms with Gasteiger partial charge in [-0.1, -0.05) is 23.2 Å². The molecule has 1 aromatic carbocycles. The Morgan fingerprint density at radius 3 is 2.35 bits per heavy atom. The summed E-state index contributed by atoms with van der Waals surface area (Å²) in [6.45, 7) is 0. The number of anilines is 2. The number of aromatic nitrogens is 1. The Morgan fingerprint density at radius 1 is 1.15 bits per heavy atom. The van der Waals surface area contributed by atoms with Crippen LogP contribution in [0.3, 0.4) is 0 Å². The quantitative estimate of drug-likeness (QED) is 0.672. The third-order valence-corrected chi connectivity index (χ3v) is 3.60. The molecule has 20 heavy (non-hydrogen) atoms. The van der Waals surface area contributed by atoms with Crippen molar-refractivity contribution >= 4 is 51.9 Å². The molecule has 0 saturated heterocycles. The van der Waals surface area contributed by atoms with E-state index >= 15 is 0 Å². The van der Waals surface area contributed by atoms with Gasteiger partial charge in [0.1, 0.15) is 5.69 Å². The second kappa shape index (κ2) is 6.39. The molecule has 0 aliphatic heterocycles. The minimum atomic E-state index is 0.533. The maximum absolute atomic E-state index is 6.11. The molecule has 3 nitrogen and oxygen atoms in total. The van der Waals surface area contributed by atoms with Gasteiger partial charge in [-0.15, -0.1) is 0 Å². The minimum Gasteiger partial charge on any atom is -0.377 e. The van der Waals surface area contributed by atoms with Crippen LogP contribution in [0.15, 0.2) is 42.7 Å². The second-order valence-corrected chi connectivity index (χ2v) is 5.64. The van der Waals surface area contributed by atoms with Crippen LogP contribution in [0.4, 0.5) is 11.4 Å². The molecule has 2 aromatic rings. The summed E-state index contributed by atoms with van der Waals surface area (Å²) in [6, 6.07) is 9.20. The molecule has 0 radical (unpaired) electrons. The van der Waals surface area contributed by atoms with E-state index in [1.165, 1.54) is 0 Å². The van der Waals surface area contributed by atoms with E-state index in [0.717, 1.165) is 11.4 Å². The number of hydrogen-bond acceptors (Lipinski definition) is 2. The second-order valence-electron chi connectivity index (χ2n) is 4.41. The lowest BCUT2D eigenvalue weighted by atomic mass is 10.3. The lowest BCUT2D eigenvalue weighted by Gasteiger charge is -2.11. The molecular weight excluding hydrogens is 313 g/mol. The normalized spacial score (nSPS) is 10.2. The van der Waals surface area contributed by atoms with E-state index < -0.39 is 0 Å². The first-order valence-electron chi connectivity index (χ1n) is 5.92. The van der Waals surface area contributed by atoms with Crippen LogP contribution in [-0.2, 0) is 0 Å². The minimum absolute atomic E-state index is 0.533. The Labute approximate surface area is 133 Å². The Balaban J connectivity index is 2.15. The molecule has 0 aliphatic carbocycles. The number of nitrogens with zero attached hydrogens (tertiary/aromatic N) is 2. The number of rotatable bonds is 2. The van der Waals surface area contributed by atoms with E-state index in [0.29, 0.717) is 15.2 Å². The highest BCUT2D eigenvalue weighted by molar-refractivity contribution is 7.80. The largest absolute Gasteiger partial charge is 0.377 e. The zero-order valence-electron chi connectivity index (χ0n) is 11.1. The van der Waals surface area contributed by atoms with E-state index in [2.05, 4.69) is 5.32 Å². The number of hydrogen-bond donors (Lipinski definition) is 1. The van der Waals surface area contributed by atoms with E-state index in [-0.39, 0.29) is 0 Å². The van der Waals surface area contributed by atoms with E-state index in [9.17, 15) is 0 Å². The van der Waals surface area contributed by atoms with Gasteiger partial charge in [0.15, 0.2) is 0 Å². The van der Waals surface area contributed by atoms with Gasteiger partial charge in [0.05, 0.1) is 17.4 Å². The van der Waals surface area contributed by atoms with E-state index in [4.69, 9.17) is 35.4 Å². The molecule has 0 bridgehead atoms. The summed E-state index contributed by atoms with van der Waals surface area (Å²) < 4.78 is 1.81. The first kappa shape index (κ1) is 15.0. The Morgan fingerprint density at radius 2 is 1.80 bits per heavy atom. The van der Waals surface area contributed by atoms with Crippen LogP contribution in [0.5, 0.6) is 0 Å². The first-order chi connectivity index (χ1) is 9.47. The summed E-state index contributed by atoms with van der Waals surface area (Å²) in [6.07, 6.45) is 3.79. The summed E-state index contributed by atoms with van der Waals surface area (Å²) in [5.41, 5.74) is 1.83. The van der Waals surface area contributed by atoms with Crippen LogP contribution in [-0.4, -0.2) is 19.2 Å². The maximum atomic E-state index is 6.11. The molecule has 1 N–H and O–H groups in total. The van der Waals surface area contributed by atoms with Crippen molar-refractivity contribution in [1.29, 1.82) is 0 Å². The van der Waals surface area contributed by atoms with Gasteiger partial charge < -0.3 is 4.90 Å². The molecule has 0 unspecified atom stereocenters. The zero-order valence-corrected chi connectivity index (χ0v) is 13.4. The number of benzene rings is 1. The highest BCUT2D eigenvalue weighted by atomic mass is 35.5. The van der Waals surface area contributed by atoms with Crippen molar-refractivity contribution in [3.8, 4) is 0 Å². The van der Waals surface area contributed by atoms with Gasteiger partial charge in [-0.05, 0) is 18.2 Å². The van der Waals surface area contributed by atoms with E-state index in [1.807, 2.05) is 48.1 Å². The van der Waals surface area contributed by atoms with Crippen LogP contribution in [0.25, 0.3) is 0 Å². The van der Waals surface area contributed by atoms with Crippen LogP contribution >= 0.6 is 35.4 Å². The number of pyridine rings is 1. The molecular formula is C14H14Cl2N3S+. The Bertz CT molecular complexity index is 627. The first-order valence-corrected chi connectivity index (χ1v) is 7.09. The van der Waals surface area contributed by atoms with Crippen molar-refractivity contribution in [3.05, 3.63) is 52.8 Å². The van der Waals surface area contributed by atoms with Crippen molar-refractivity contribution in [2.45, 2.75) is 0 Å². The van der Waals surface area contributed by atoms with Gasteiger partial charge in [0, 0.05) is 49.2 Å². The lowest BCUT2D eigenvalue weighted by molar-refractivity contribution is -0.551. The van der Waals surface area contributed by atoms with E-state index in [1.54, 1.807) is 18.2 Å². The van der Waals surface area contributed by atoms with Crippen molar-refractivity contribution in [2.24, 2.45) is 0 Å². The molecule has 0 atom stereocenters. The fraction of sp³-hybridized carbons (Fsp3) is 0.143.